The van der Waals surface area contributed by atoms with Crippen LogP contribution in [-0.2, 0) is 0 Å². The lowest BCUT2D eigenvalue weighted by Crippen LogP contribution is -3.13. The average Bonchev–Trinajstić information content (AvgIpc) is 2.40. The summed E-state index contributed by atoms with van der Waals surface area (Å²) in [5, 5.41) is 0. The van der Waals surface area contributed by atoms with E-state index in [-0.39, 0.29) is 0 Å². The molecule has 70 valence electrons. The summed E-state index contributed by atoms with van der Waals surface area (Å²) in [6.07, 6.45) is 1.21. The van der Waals surface area contributed by atoms with Crippen LogP contribution in [0.25, 0.3) is 0 Å². The van der Waals surface area contributed by atoms with E-state index >= 15 is 0 Å². The topological polar surface area (TPSA) is 7.45 Å². The van der Waals surface area contributed by atoms with Gasteiger partial charge in [-0.05, 0) is 20.8 Å². The first kappa shape index (κ1) is 9.72. The average molecular weight is 170 g/mol. The molecule has 0 saturated heterocycles. The summed E-state index contributed by atoms with van der Waals surface area (Å²) in [7, 11) is 0. The fraction of sp³-hybridized carbons (Fsp3) is 0.900. The molecule has 1 rings (SSSR count). The molecule has 1 aliphatic rings. The van der Waals surface area contributed by atoms with Gasteiger partial charge in [0, 0.05) is 6.92 Å². The van der Waals surface area contributed by atoms with Gasteiger partial charge in [0.2, 0.25) is 6.04 Å². The van der Waals surface area contributed by atoms with Crippen molar-refractivity contribution < 1.29 is 9.48 Å². The van der Waals surface area contributed by atoms with Gasteiger partial charge in [-0.1, -0.05) is 0 Å². The number of rotatable bonds is 3. The Bertz CT molecular complexity index is 184. The van der Waals surface area contributed by atoms with E-state index in [9.17, 15) is 0 Å². The van der Waals surface area contributed by atoms with Crippen molar-refractivity contribution in [1.29, 1.82) is 0 Å². The van der Waals surface area contributed by atoms with E-state index in [2.05, 4.69) is 32.3 Å². The predicted octanol–water partition coefficient (Wildman–Crippen LogP) is 0.134. The van der Waals surface area contributed by atoms with Crippen LogP contribution in [0.4, 0.5) is 0 Å². The third kappa shape index (κ3) is 1.53. The quantitative estimate of drug-likeness (QED) is 0.576. The fourth-order valence-corrected chi connectivity index (χ4v) is 2.36. The first-order valence-corrected chi connectivity index (χ1v) is 5.22. The maximum absolute atomic E-state index is 2.55. The molecule has 2 nitrogen and oxygen atoms in total. The zero-order valence-electron chi connectivity index (χ0n) is 8.85. The van der Waals surface area contributed by atoms with Gasteiger partial charge < -0.3 is 0 Å². The lowest BCUT2D eigenvalue weighted by atomic mass is 10.3. The van der Waals surface area contributed by atoms with Gasteiger partial charge in [-0.2, -0.15) is 4.58 Å². The van der Waals surface area contributed by atoms with Gasteiger partial charge in [0.15, 0.2) is 0 Å². The van der Waals surface area contributed by atoms with Crippen molar-refractivity contribution in [2.75, 3.05) is 19.6 Å². The summed E-state index contributed by atoms with van der Waals surface area (Å²) in [4.78, 5) is 1.69. The minimum atomic E-state index is 0.750. The normalized spacial score (nSPS) is 30.0. The number of amidine groups is 1. The number of hydrogen-bond donors (Lipinski definition) is 1. The van der Waals surface area contributed by atoms with Crippen LogP contribution < -0.4 is 4.90 Å². The second kappa shape index (κ2) is 4.04. The van der Waals surface area contributed by atoms with E-state index in [1.807, 2.05) is 0 Å². The van der Waals surface area contributed by atoms with Gasteiger partial charge in [0.1, 0.15) is 13.1 Å². The molecule has 1 N–H and O–H groups in total. The summed E-state index contributed by atoms with van der Waals surface area (Å²) in [5.74, 6) is 1.62. The Morgan fingerprint density at radius 2 is 2.08 bits per heavy atom. The van der Waals surface area contributed by atoms with Crippen LogP contribution in [0.3, 0.4) is 0 Å². The molecule has 0 spiro atoms. The Morgan fingerprint density at radius 1 is 1.42 bits per heavy atom. The lowest BCUT2D eigenvalue weighted by Gasteiger charge is -2.05. The zero-order chi connectivity index (χ0) is 9.14. The van der Waals surface area contributed by atoms with Crippen molar-refractivity contribution in [3.05, 3.63) is 0 Å². The van der Waals surface area contributed by atoms with Gasteiger partial charge in [-0.25, -0.2) is 4.90 Å². The molecule has 0 aromatic rings. The first-order valence-electron chi connectivity index (χ1n) is 5.22. The lowest BCUT2D eigenvalue weighted by molar-refractivity contribution is -0.801. The summed E-state index contributed by atoms with van der Waals surface area (Å²) in [6, 6.07) is 0.750. The Labute approximate surface area is 75.9 Å². The highest BCUT2D eigenvalue weighted by Gasteiger charge is 2.37. The highest BCUT2D eigenvalue weighted by Crippen LogP contribution is 1.95. The molecule has 2 heteroatoms. The molecule has 0 aromatic carbocycles. The van der Waals surface area contributed by atoms with Gasteiger partial charge in [0.05, 0.1) is 13.0 Å². The van der Waals surface area contributed by atoms with E-state index < -0.39 is 0 Å². The number of nitrogens with one attached hydrogen (secondary N) is 1. The Balaban J connectivity index is 2.83. The second-order valence-electron chi connectivity index (χ2n) is 3.60. The van der Waals surface area contributed by atoms with Crippen LogP contribution in [0.5, 0.6) is 0 Å². The predicted molar refractivity (Wildman–Crippen MR) is 51.9 cm³/mol. The molecule has 0 amide bonds. The van der Waals surface area contributed by atoms with E-state index in [0.717, 1.165) is 6.04 Å². The largest absolute Gasteiger partial charge is 0.336 e. The standard InChI is InChI=1S/C10H21N2/c1-5-10-11(6-2)8-9(4)12(10)7-3/h9H,5-8H2,1-4H3/q+1/p+1. The Kier molecular flexibility index (Phi) is 3.27. The van der Waals surface area contributed by atoms with Crippen molar-refractivity contribution in [3.63, 3.8) is 0 Å². The van der Waals surface area contributed by atoms with E-state index in [4.69, 9.17) is 0 Å². The van der Waals surface area contributed by atoms with Crippen LogP contribution in [0.1, 0.15) is 34.1 Å². The van der Waals surface area contributed by atoms with Crippen molar-refractivity contribution in [1.82, 2.24) is 0 Å². The van der Waals surface area contributed by atoms with E-state index in [1.54, 1.807) is 10.7 Å². The van der Waals surface area contributed by atoms with Gasteiger partial charge in [-0.3, -0.25) is 0 Å². The molecule has 1 aliphatic heterocycles. The summed E-state index contributed by atoms with van der Waals surface area (Å²) < 4.78 is 2.55. The Hall–Kier alpha value is -0.370. The van der Waals surface area contributed by atoms with Crippen molar-refractivity contribution in [3.8, 4) is 0 Å². The van der Waals surface area contributed by atoms with Crippen LogP contribution in [0.15, 0.2) is 0 Å². The molecule has 2 atom stereocenters. The molecule has 0 fully saturated rings. The van der Waals surface area contributed by atoms with E-state index in [1.165, 1.54) is 26.1 Å². The molecule has 12 heavy (non-hydrogen) atoms. The minimum absolute atomic E-state index is 0.750. The zero-order valence-corrected chi connectivity index (χ0v) is 8.85. The fourth-order valence-electron chi connectivity index (χ4n) is 2.36. The van der Waals surface area contributed by atoms with Gasteiger partial charge >= 0.3 is 5.84 Å². The highest BCUT2D eigenvalue weighted by molar-refractivity contribution is 5.68. The third-order valence-electron chi connectivity index (χ3n) is 2.93. The summed E-state index contributed by atoms with van der Waals surface area (Å²) in [6.45, 7) is 12.8. The van der Waals surface area contributed by atoms with Crippen molar-refractivity contribution in [2.45, 2.75) is 40.2 Å². The molecule has 0 bridgehead atoms. The van der Waals surface area contributed by atoms with Crippen LogP contribution in [0.2, 0.25) is 0 Å². The number of quaternary nitrogens is 1. The summed E-state index contributed by atoms with van der Waals surface area (Å²) in [5.41, 5.74) is 0. The molecular formula is C10H22N2+2. The molecule has 0 aliphatic carbocycles. The highest BCUT2D eigenvalue weighted by atomic mass is 15.3. The molecule has 0 radical (unpaired) electrons. The monoisotopic (exact) mass is 170 g/mol. The van der Waals surface area contributed by atoms with Crippen LogP contribution in [0, 0.1) is 0 Å². The Morgan fingerprint density at radius 3 is 2.50 bits per heavy atom. The first-order chi connectivity index (χ1) is 5.74. The van der Waals surface area contributed by atoms with E-state index in [0.29, 0.717) is 0 Å². The summed E-state index contributed by atoms with van der Waals surface area (Å²) >= 11 is 0. The molecule has 0 aromatic heterocycles. The smallest absolute Gasteiger partial charge is 0.246 e. The van der Waals surface area contributed by atoms with Gasteiger partial charge in [-0.15, -0.1) is 0 Å². The second-order valence-corrected chi connectivity index (χ2v) is 3.60. The van der Waals surface area contributed by atoms with Crippen molar-refractivity contribution in [2.24, 2.45) is 0 Å². The third-order valence-corrected chi connectivity index (χ3v) is 2.93. The number of hydrogen-bond acceptors (Lipinski definition) is 0. The molecule has 0 saturated carbocycles. The van der Waals surface area contributed by atoms with Crippen LogP contribution in [-0.4, -0.2) is 36.1 Å². The number of nitrogens with zero attached hydrogens (tertiary/aromatic N) is 1. The molecule has 2 unspecified atom stereocenters. The van der Waals surface area contributed by atoms with Crippen LogP contribution >= 0.6 is 0 Å². The van der Waals surface area contributed by atoms with Crippen molar-refractivity contribution >= 4 is 5.84 Å². The molecular weight excluding hydrogens is 148 g/mol. The maximum Gasteiger partial charge on any atom is 0.336 e. The maximum atomic E-state index is 2.55. The molecule has 1 heterocycles. The number of likely N-dealkylation sites (N-methyl/N-ethyl adjacent to an activating group) is 2. The SMILES string of the molecule is CCC1=[N+](CC)C(C)C[NH+]1CC. The minimum Gasteiger partial charge on any atom is -0.246 e. The van der Waals surface area contributed by atoms with Gasteiger partial charge in [0.25, 0.3) is 0 Å².